The summed E-state index contributed by atoms with van der Waals surface area (Å²) >= 11 is 0. The second kappa shape index (κ2) is 10.3. The zero-order chi connectivity index (χ0) is 19.6. The number of ether oxygens (including phenoxy) is 1. The van der Waals surface area contributed by atoms with Gasteiger partial charge in [0, 0.05) is 42.2 Å². The molecule has 0 radical (unpaired) electrons. The standard InChI is InChI=1S/C21H23N3O.C2H6/c1-4-25-20-8-6-5-7-17(20)19-14-24-21-18(19)12-16(13-23-21)11-15(2)9-10-22-3;1-2/h5-10,12-14H,4,11H2,1-3H3,(H,23,24);1-2H3/b15-9+,22-10?;. The Labute approximate surface area is 162 Å². The van der Waals surface area contributed by atoms with Gasteiger partial charge in [0.1, 0.15) is 11.4 Å². The highest BCUT2D eigenvalue weighted by Crippen LogP contribution is 2.35. The molecule has 142 valence electrons. The summed E-state index contributed by atoms with van der Waals surface area (Å²) < 4.78 is 5.79. The van der Waals surface area contributed by atoms with Gasteiger partial charge in [-0.05, 0) is 44.0 Å². The minimum absolute atomic E-state index is 0.645. The van der Waals surface area contributed by atoms with Crippen molar-refractivity contribution in [3.63, 3.8) is 0 Å². The minimum Gasteiger partial charge on any atom is -0.493 e. The summed E-state index contributed by atoms with van der Waals surface area (Å²) in [5.41, 5.74) is 5.52. The fourth-order valence-corrected chi connectivity index (χ4v) is 2.92. The number of hydrogen-bond donors (Lipinski definition) is 1. The molecular formula is C23H29N3O. The van der Waals surface area contributed by atoms with Crippen LogP contribution >= 0.6 is 0 Å². The summed E-state index contributed by atoms with van der Waals surface area (Å²) in [7, 11) is 1.78. The Morgan fingerprint density at radius 1 is 1.22 bits per heavy atom. The zero-order valence-electron chi connectivity index (χ0n) is 16.9. The van der Waals surface area contributed by atoms with E-state index in [2.05, 4.69) is 34.0 Å². The van der Waals surface area contributed by atoms with Crippen molar-refractivity contribution in [1.29, 1.82) is 0 Å². The number of benzene rings is 1. The third-order valence-corrected chi connectivity index (χ3v) is 4.06. The van der Waals surface area contributed by atoms with Gasteiger partial charge in [-0.15, -0.1) is 0 Å². The van der Waals surface area contributed by atoms with Crippen molar-refractivity contribution in [3.8, 4) is 16.9 Å². The summed E-state index contributed by atoms with van der Waals surface area (Å²) in [6.45, 7) is 8.75. The Kier molecular flexibility index (Phi) is 7.80. The molecule has 0 aliphatic rings. The number of rotatable bonds is 6. The highest BCUT2D eigenvalue weighted by atomic mass is 16.5. The molecule has 0 bridgehead atoms. The van der Waals surface area contributed by atoms with Gasteiger partial charge in [-0.3, -0.25) is 4.99 Å². The van der Waals surface area contributed by atoms with E-state index in [1.807, 2.05) is 63.7 Å². The molecule has 0 spiro atoms. The first-order valence-corrected chi connectivity index (χ1v) is 9.49. The van der Waals surface area contributed by atoms with E-state index in [-0.39, 0.29) is 0 Å². The lowest BCUT2D eigenvalue weighted by Crippen LogP contribution is -1.94. The van der Waals surface area contributed by atoms with E-state index in [0.29, 0.717) is 6.61 Å². The van der Waals surface area contributed by atoms with E-state index in [1.54, 1.807) is 7.05 Å². The van der Waals surface area contributed by atoms with Gasteiger partial charge in [-0.25, -0.2) is 4.98 Å². The number of fused-ring (bicyclic) bond motifs is 1. The number of nitrogens with one attached hydrogen (secondary N) is 1. The van der Waals surface area contributed by atoms with E-state index >= 15 is 0 Å². The average molecular weight is 364 g/mol. The molecule has 2 aromatic heterocycles. The summed E-state index contributed by atoms with van der Waals surface area (Å²) in [5.74, 6) is 0.895. The highest BCUT2D eigenvalue weighted by Gasteiger charge is 2.12. The lowest BCUT2D eigenvalue weighted by molar-refractivity contribution is 0.341. The SMILES string of the molecule is CC.CCOc1ccccc1-c1c[nH]c2ncc(C/C(C)=C/C=NC)cc12. The molecule has 0 fully saturated rings. The van der Waals surface area contributed by atoms with Gasteiger partial charge in [0.15, 0.2) is 0 Å². The lowest BCUT2D eigenvalue weighted by Gasteiger charge is -2.09. The predicted octanol–water partition coefficient (Wildman–Crippen LogP) is 5.84. The number of pyridine rings is 1. The lowest BCUT2D eigenvalue weighted by atomic mass is 10.0. The molecule has 0 unspecified atom stereocenters. The molecule has 0 amide bonds. The van der Waals surface area contributed by atoms with Gasteiger partial charge in [0.05, 0.1) is 6.61 Å². The molecule has 1 aromatic carbocycles. The van der Waals surface area contributed by atoms with E-state index in [0.717, 1.165) is 34.3 Å². The van der Waals surface area contributed by atoms with Crippen molar-refractivity contribution < 1.29 is 4.74 Å². The second-order valence-corrected chi connectivity index (χ2v) is 5.97. The Morgan fingerprint density at radius 2 is 2.00 bits per heavy atom. The van der Waals surface area contributed by atoms with E-state index in [1.165, 1.54) is 11.1 Å². The third-order valence-electron chi connectivity index (χ3n) is 4.06. The van der Waals surface area contributed by atoms with Gasteiger partial charge < -0.3 is 9.72 Å². The minimum atomic E-state index is 0.645. The fourth-order valence-electron chi connectivity index (χ4n) is 2.92. The first-order chi connectivity index (χ1) is 13.2. The van der Waals surface area contributed by atoms with Gasteiger partial charge in [0.2, 0.25) is 0 Å². The van der Waals surface area contributed by atoms with Crippen molar-refractivity contribution in [3.05, 3.63) is 59.9 Å². The number of aromatic amines is 1. The van der Waals surface area contributed by atoms with Crippen LogP contribution in [0.4, 0.5) is 0 Å². The number of para-hydroxylation sites is 1. The number of H-pyrrole nitrogens is 1. The van der Waals surface area contributed by atoms with Gasteiger partial charge in [-0.2, -0.15) is 0 Å². The normalized spacial score (nSPS) is 11.5. The molecule has 4 nitrogen and oxygen atoms in total. The molecule has 3 rings (SSSR count). The fraction of sp³-hybridized carbons (Fsp3) is 0.304. The molecule has 4 heteroatoms. The summed E-state index contributed by atoms with van der Waals surface area (Å²) in [6, 6.07) is 10.3. The van der Waals surface area contributed by atoms with Gasteiger partial charge >= 0.3 is 0 Å². The Hall–Kier alpha value is -2.88. The molecule has 0 saturated carbocycles. The third kappa shape index (κ3) is 5.07. The molecule has 27 heavy (non-hydrogen) atoms. The van der Waals surface area contributed by atoms with Crippen LogP contribution in [-0.4, -0.2) is 29.8 Å². The van der Waals surface area contributed by atoms with Crippen molar-refractivity contribution in [2.75, 3.05) is 13.7 Å². The van der Waals surface area contributed by atoms with Crippen molar-refractivity contribution >= 4 is 17.2 Å². The quantitative estimate of drug-likeness (QED) is 0.559. The highest BCUT2D eigenvalue weighted by molar-refractivity contribution is 5.95. The second-order valence-electron chi connectivity index (χ2n) is 5.97. The average Bonchev–Trinajstić information content (AvgIpc) is 3.12. The van der Waals surface area contributed by atoms with Crippen LogP contribution in [-0.2, 0) is 6.42 Å². The summed E-state index contributed by atoms with van der Waals surface area (Å²) in [5, 5.41) is 1.11. The molecule has 2 heterocycles. The Bertz CT molecular complexity index is 922. The molecular weight excluding hydrogens is 334 g/mol. The monoisotopic (exact) mass is 363 g/mol. The number of aliphatic imine (C=N–C) groups is 1. The van der Waals surface area contributed by atoms with Crippen molar-refractivity contribution in [2.24, 2.45) is 4.99 Å². The van der Waals surface area contributed by atoms with Crippen LogP contribution in [0.1, 0.15) is 33.3 Å². The molecule has 0 aliphatic heterocycles. The van der Waals surface area contributed by atoms with E-state index in [4.69, 9.17) is 4.74 Å². The molecule has 0 atom stereocenters. The number of nitrogens with zero attached hydrogens (tertiary/aromatic N) is 2. The van der Waals surface area contributed by atoms with Gasteiger partial charge in [-0.1, -0.05) is 37.6 Å². The predicted molar refractivity (Wildman–Crippen MR) is 116 cm³/mol. The maximum Gasteiger partial charge on any atom is 0.137 e. The van der Waals surface area contributed by atoms with Crippen LogP contribution in [0.3, 0.4) is 0 Å². The Balaban J connectivity index is 0.00000126. The first-order valence-electron chi connectivity index (χ1n) is 9.49. The summed E-state index contributed by atoms with van der Waals surface area (Å²) in [4.78, 5) is 11.9. The van der Waals surface area contributed by atoms with E-state index < -0.39 is 0 Å². The maximum absolute atomic E-state index is 5.79. The largest absolute Gasteiger partial charge is 0.493 e. The van der Waals surface area contributed by atoms with E-state index in [9.17, 15) is 0 Å². The van der Waals surface area contributed by atoms with Crippen LogP contribution in [0.5, 0.6) is 5.75 Å². The number of aromatic nitrogens is 2. The van der Waals surface area contributed by atoms with Crippen LogP contribution in [0.2, 0.25) is 0 Å². The molecule has 3 aromatic rings. The first kappa shape index (κ1) is 20.4. The van der Waals surface area contributed by atoms with Crippen LogP contribution in [0.25, 0.3) is 22.2 Å². The number of hydrogen-bond acceptors (Lipinski definition) is 3. The Morgan fingerprint density at radius 3 is 2.74 bits per heavy atom. The van der Waals surface area contributed by atoms with Crippen molar-refractivity contribution in [2.45, 2.75) is 34.1 Å². The molecule has 1 N–H and O–H groups in total. The smallest absolute Gasteiger partial charge is 0.137 e. The van der Waals surface area contributed by atoms with Crippen molar-refractivity contribution in [1.82, 2.24) is 9.97 Å². The van der Waals surface area contributed by atoms with Gasteiger partial charge in [0.25, 0.3) is 0 Å². The maximum atomic E-state index is 5.79. The zero-order valence-corrected chi connectivity index (χ0v) is 16.9. The molecule has 0 aliphatic carbocycles. The topological polar surface area (TPSA) is 50.3 Å². The summed E-state index contributed by atoms with van der Waals surface area (Å²) in [6.07, 6.45) is 8.64. The molecule has 0 saturated heterocycles. The van der Waals surface area contributed by atoms with Crippen LogP contribution < -0.4 is 4.74 Å². The number of allylic oxidation sites excluding steroid dienone is 2. The van der Waals surface area contributed by atoms with Crippen LogP contribution in [0, 0.1) is 0 Å². The van der Waals surface area contributed by atoms with Crippen LogP contribution in [0.15, 0.2) is 59.4 Å².